The Morgan fingerprint density at radius 1 is 1.41 bits per heavy atom. The lowest BCUT2D eigenvalue weighted by Crippen LogP contribution is -2.41. The first-order chi connectivity index (χ1) is 10.6. The Hall–Kier alpha value is -0.870. The lowest BCUT2D eigenvalue weighted by atomic mass is 10.1. The summed E-state index contributed by atoms with van der Waals surface area (Å²) in [5.41, 5.74) is 0. The molecule has 2 fully saturated rings. The van der Waals surface area contributed by atoms with E-state index in [4.69, 9.17) is 0 Å². The van der Waals surface area contributed by atoms with Gasteiger partial charge in [-0.05, 0) is 56.0 Å². The number of carbonyl (C=O) groups is 1. The van der Waals surface area contributed by atoms with Gasteiger partial charge in [-0.3, -0.25) is 9.69 Å². The molecule has 1 saturated carbocycles. The molecular formula is C18H28N2OS. The first-order valence-corrected chi connectivity index (χ1v) is 9.60. The van der Waals surface area contributed by atoms with Crippen LogP contribution in [0.1, 0.15) is 56.9 Å². The second kappa shape index (κ2) is 7.14. The smallest absolute Gasteiger partial charge is 0.237 e. The van der Waals surface area contributed by atoms with E-state index in [1.54, 1.807) is 11.3 Å². The van der Waals surface area contributed by atoms with Gasteiger partial charge in [-0.25, -0.2) is 0 Å². The molecule has 1 aromatic heterocycles. The summed E-state index contributed by atoms with van der Waals surface area (Å²) in [4.78, 5) is 18.8. The molecule has 2 aliphatic rings. The van der Waals surface area contributed by atoms with Gasteiger partial charge < -0.3 is 4.90 Å². The van der Waals surface area contributed by atoms with Gasteiger partial charge in [0, 0.05) is 17.5 Å². The fourth-order valence-electron chi connectivity index (χ4n) is 3.36. The number of amides is 1. The molecule has 3 rings (SSSR count). The molecule has 2 heterocycles. The maximum atomic E-state index is 12.8. The fourth-order valence-corrected chi connectivity index (χ4v) is 4.23. The summed E-state index contributed by atoms with van der Waals surface area (Å²) in [5.74, 6) is 1.05. The second-order valence-electron chi connectivity index (χ2n) is 7.14. The van der Waals surface area contributed by atoms with Crippen LogP contribution >= 0.6 is 11.3 Å². The molecule has 0 N–H and O–H groups in total. The molecule has 0 spiro atoms. The topological polar surface area (TPSA) is 23.6 Å². The summed E-state index contributed by atoms with van der Waals surface area (Å²) in [6.07, 6.45) is 6.02. The van der Waals surface area contributed by atoms with Crippen molar-refractivity contribution in [2.45, 2.75) is 58.0 Å². The Morgan fingerprint density at radius 3 is 2.86 bits per heavy atom. The van der Waals surface area contributed by atoms with Gasteiger partial charge >= 0.3 is 0 Å². The molecule has 0 radical (unpaired) electrons. The van der Waals surface area contributed by atoms with Gasteiger partial charge in [-0.1, -0.05) is 19.9 Å². The molecule has 1 aliphatic heterocycles. The number of carbonyl (C=O) groups excluding carboxylic acids is 1. The number of likely N-dealkylation sites (tertiary alicyclic amines) is 1. The lowest BCUT2D eigenvalue weighted by Gasteiger charge is -2.28. The number of thiophene rings is 1. The Balaban J connectivity index is 1.59. The maximum absolute atomic E-state index is 12.8. The molecular weight excluding hydrogens is 292 g/mol. The monoisotopic (exact) mass is 320 g/mol. The molecule has 1 amide bonds. The Morgan fingerprint density at radius 2 is 2.23 bits per heavy atom. The normalized spacial score (nSPS) is 22.0. The Kier molecular flexibility index (Phi) is 5.19. The molecule has 0 bridgehead atoms. The molecule has 1 aromatic rings. The third-order valence-electron chi connectivity index (χ3n) is 4.84. The van der Waals surface area contributed by atoms with Crippen LogP contribution in [0.15, 0.2) is 17.5 Å². The average molecular weight is 321 g/mol. The third-order valence-corrected chi connectivity index (χ3v) is 5.81. The zero-order valence-electron chi connectivity index (χ0n) is 13.8. The van der Waals surface area contributed by atoms with Gasteiger partial charge in [-0.2, -0.15) is 0 Å². The molecule has 1 aliphatic carbocycles. The summed E-state index contributed by atoms with van der Waals surface area (Å²) < 4.78 is 0. The Labute approximate surface area is 138 Å². The molecule has 1 saturated heterocycles. The highest BCUT2D eigenvalue weighted by molar-refractivity contribution is 7.10. The molecule has 1 unspecified atom stereocenters. The molecule has 3 nitrogen and oxygen atoms in total. The summed E-state index contributed by atoms with van der Waals surface area (Å²) in [7, 11) is 0. The van der Waals surface area contributed by atoms with Crippen molar-refractivity contribution >= 4 is 17.2 Å². The van der Waals surface area contributed by atoms with E-state index in [0.717, 1.165) is 25.9 Å². The van der Waals surface area contributed by atoms with Crippen LogP contribution in [-0.4, -0.2) is 41.4 Å². The van der Waals surface area contributed by atoms with E-state index in [2.05, 4.69) is 41.2 Å². The van der Waals surface area contributed by atoms with Crippen LogP contribution in [0.4, 0.5) is 0 Å². The Bertz CT molecular complexity index is 481. The second-order valence-corrected chi connectivity index (χ2v) is 8.12. The van der Waals surface area contributed by atoms with E-state index in [-0.39, 0.29) is 0 Å². The van der Waals surface area contributed by atoms with Crippen LogP contribution in [0.5, 0.6) is 0 Å². The van der Waals surface area contributed by atoms with Crippen molar-refractivity contribution in [3.63, 3.8) is 0 Å². The van der Waals surface area contributed by atoms with Gasteiger partial charge in [0.2, 0.25) is 5.91 Å². The fraction of sp³-hybridized carbons (Fsp3) is 0.722. The number of hydrogen-bond acceptors (Lipinski definition) is 3. The van der Waals surface area contributed by atoms with Crippen LogP contribution in [0.3, 0.4) is 0 Å². The molecule has 1 atom stereocenters. The van der Waals surface area contributed by atoms with Crippen LogP contribution in [-0.2, 0) is 4.79 Å². The highest BCUT2D eigenvalue weighted by atomic mass is 32.1. The molecule has 4 heteroatoms. The third kappa shape index (κ3) is 3.90. The van der Waals surface area contributed by atoms with Gasteiger partial charge in [0.1, 0.15) is 0 Å². The van der Waals surface area contributed by atoms with Crippen molar-refractivity contribution < 1.29 is 4.79 Å². The zero-order chi connectivity index (χ0) is 15.5. The van der Waals surface area contributed by atoms with Gasteiger partial charge in [-0.15, -0.1) is 11.3 Å². The van der Waals surface area contributed by atoms with Crippen molar-refractivity contribution in [3.05, 3.63) is 22.4 Å². The van der Waals surface area contributed by atoms with Crippen molar-refractivity contribution in [1.29, 1.82) is 0 Å². The van der Waals surface area contributed by atoms with Crippen LogP contribution in [0.2, 0.25) is 0 Å². The van der Waals surface area contributed by atoms with Gasteiger partial charge in [0.25, 0.3) is 0 Å². The number of nitrogens with zero attached hydrogens (tertiary/aromatic N) is 2. The highest BCUT2D eigenvalue weighted by Crippen LogP contribution is 2.35. The van der Waals surface area contributed by atoms with E-state index >= 15 is 0 Å². The first kappa shape index (κ1) is 16.0. The highest BCUT2D eigenvalue weighted by Gasteiger charge is 2.35. The van der Waals surface area contributed by atoms with Gasteiger partial charge in [0.05, 0.1) is 12.6 Å². The summed E-state index contributed by atoms with van der Waals surface area (Å²) in [6, 6.07) is 5.28. The minimum atomic E-state index is 0.332. The number of hydrogen-bond donors (Lipinski definition) is 0. The molecule has 0 aromatic carbocycles. The average Bonchev–Trinajstić information content (AvgIpc) is 3.01. The minimum absolute atomic E-state index is 0.332. The van der Waals surface area contributed by atoms with Crippen LogP contribution < -0.4 is 0 Å². The first-order valence-electron chi connectivity index (χ1n) is 8.72. The molecule has 22 heavy (non-hydrogen) atoms. The summed E-state index contributed by atoms with van der Waals surface area (Å²) in [6.45, 7) is 7.16. The maximum Gasteiger partial charge on any atom is 0.237 e. The van der Waals surface area contributed by atoms with E-state index in [1.807, 2.05) is 0 Å². The van der Waals surface area contributed by atoms with Crippen LogP contribution in [0, 0.1) is 5.92 Å². The predicted molar refractivity (Wildman–Crippen MR) is 92.1 cm³/mol. The number of rotatable bonds is 7. The zero-order valence-corrected chi connectivity index (χ0v) is 14.6. The van der Waals surface area contributed by atoms with E-state index in [1.165, 1.54) is 24.1 Å². The largest absolute Gasteiger partial charge is 0.334 e. The van der Waals surface area contributed by atoms with E-state index < -0.39 is 0 Å². The van der Waals surface area contributed by atoms with Crippen LogP contribution in [0.25, 0.3) is 0 Å². The van der Waals surface area contributed by atoms with Crippen molar-refractivity contribution in [1.82, 2.24) is 9.80 Å². The standard InChI is InChI=1S/C18H28N2OS/c1-14(2)9-11-19(15-7-8-15)13-18(21)20-10-3-5-16(20)17-6-4-12-22-17/h4,6,12,14-16H,3,5,7-11,13H2,1-2H3. The summed E-state index contributed by atoms with van der Waals surface area (Å²) in [5, 5.41) is 2.12. The lowest BCUT2D eigenvalue weighted by molar-refractivity contribution is -0.133. The van der Waals surface area contributed by atoms with Crippen molar-refractivity contribution in [2.75, 3.05) is 19.6 Å². The van der Waals surface area contributed by atoms with Crippen molar-refractivity contribution in [2.24, 2.45) is 5.92 Å². The predicted octanol–water partition coefficient (Wildman–Crippen LogP) is 3.92. The quantitative estimate of drug-likeness (QED) is 0.760. The SMILES string of the molecule is CC(C)CCN(CC(=O)N1CCCC1c1cccs1)C1CC1. The van der Waals surface area contributed by atoms with Gasteiger partial charge in [0.15, 0.2) is 0 Å². The van der Waals surface area contributed by atoms with E-state index in [0.29, 0.717) is 30.5 Å². The van der Waals surface area contributed by atoms with Crippen molar-refractivity contribution in [3.8, 4) is 0 Å². The summed E-state index contributed by atoms with van der Waals surface area (Å²) >= 11 is 1.79. The minimum Gasteiger partial charge on any atom is -0.334 e. The molecule has 122 valence electrons. The van der Waals surface area contributed by atoms with E-state index in [9.17, 15) is 4.79 Å².